The average molecular weight is 334 g/mol. The van der Waals surface area contributed by atoms with E-state index in [1.165, 1.54) is 11.1 Å². The van der Waals surface area contributed by atoms with Gasteiger partial charge < -0.3 is 10.1 Å². The van der Waals surface area contributed by atoms with Crippen molar-refractivity contribution >= 4 is 15.9 Å². The number of methoxy groups -OCH3 is 1. The van der Waals surface area contributed by atoms with Crippen LogP contribution < -0.4 is 10.1 Å². The first-order valence-corrected chi connectivity index (χ1v) is 7.52. The lowest BCUT2D eigenvalue weighted by Gasteiger charge is -2.18. The van der Waals surface area contributed by atoms with Gasteiger partial charge in [-0.05, 0) is 43.2 Å². The third kappa shape index (κ3) is 3.62. The van der Waals surface area contributed by atoms with E-state index in [0.29, 0.717) is 6.04 Å². The second-order valence-corrected chi connectivity index (χ2v) is 5.83. The zero-order chi connectivity index (χ0) is 14.5. The third-order valence-corrected chi connectivity index (χ3v) is 3.99. The minimum atomic E-state index is 0.305. The van der Waals surface area contributed by atoms with Crippen LogP contribution in [0.3, 0.4) is 0 Å². The third-order valence-electron chi connectivity index (χ3n) is 3.50. The molecule has 0 amide bonds. The Kier molecular flexibility index (Phi) is 5.21. The first-order valence-electron chi connectivity index (χ1n) is 6.73. The maximum Gasteiger partial charge on any atom is 0.123 e. The van der Waals surface area contributed by atoms with E-state index >= 15 is 0 Å². The van der Waals surface area contributed by atoms with E-state index in [9.17, 15) is 0 Å². The molecule has 1 atom stereocenters. The van der Waals surface area contributed by atoms with Gasteiger partial charge in [-0.1, -0.05) is 40.2 Å². The molecule has 1 N–H and O–H groups in total. The molecule has 0 heterocycles. The lowest BCUT2D eigenvalue weighted by atomic mass is 10.0. The standard InChI is InChI=1S/C17H20BrNO/c1-12-6-4-5-7-16(12)13(2)19-11-14-10-15(18)8-9-17(14)20-3/h4-10,13,19H,11H2,1-3H3. The molecule has 0 aromatic heterocycles. The minimum Gasteiger partial charge on any atom is -0.496 e. The second kappa shape index (κ2) is 6.91. The molecule has 3 heteroatoms. The molecule has 0 radical (unpaired) electrons. The van der Waals surface area contributed by atoms with Gasteiger partial charge in [-0.25, -0.2) is 0 Å². The van der Waals surface area contributed by atoms with Crippen molar-refractivity contribution in [1.29, 1.82) is 0 Å². The fourth-order valence-corrected chi connectivity index (χ4v) is 2.74. The van der Waals surface area contributed by atoms with Crippen molar-refractivity contribution in [1.82, 2.24) is 5.32 Å². The summed E-state index contributed by atoms with van der Waals surface area (Å²) in [7, 11) is 1.71. The summed E-state index contributed by atoms with van der Waals surface area (Å²) >= 11 is 3.51. The number of halogens is 1. The van der Waals surface area contributed by atoms with Crippen molar-refractivity contribution in [2.24, 2.45) is 0 Å². The molecule has 2 aromatic rings. The maximum absolute atomic E-state index is 5.40. The minimum absolute atomic E-state index is 0.305. The van der Waals surface area contributed by atoms with Crippen molar-refractivity contribution in [2.45, 2.75) is 26.4 Å². The van der Waals surface area contributed by atoms with Crippen molar-refractivity contribution in [3.05, 3.63) is 63.6 Å². The summed E-state index contributed by atoms with van der Waals surface area (Å²) in [5.41, 5.74) is 3.80. The van der Waals surface area contributed by atoms with Gasteiger partial charge in [-0.2, -0.15) is 0 Å². The SMILES string of the molecule is COc1ccc(Br)cc1CNC(C)c1ccccc1C. The second-order valence-electron chi connectivity index (χ2n) is 4.92. The van der Waals surface area contributed by atoms with Crippen LogP contribution in [0.4, 0.5) is 0 Å². The van der Waals surface area contributed by atoms with E-state index in [-0.39, 0.29) is 0 Å². The quantitative estimate of drug-likeness (QED) is 0.862. The molecule has 20 heavy (non-hydrogen) atoms. The summed E-state index contributed by atoms with van der Waals surface area (Å²) in [6, 6.07) is 14.9. The zero-order valence-corrected chi connectivity index (χ0v) is 13.7. The van der Waals surface area contributed by atoms with E-state index in [1.807, 2.05) is 12.1 Å². The largest absolute Gasteiger partial charge is 0.496 e. The fourth-order valence-electron chi connectivity index (χ4n) is 2.33. The predicted octanol–water partition coefficient (Wildman–Crippen LogP) is 4.62. The van der Waals surface area contributed by atoms with E-state index in [0.717, 1.165) is 22.3 Å². The Morgan fingerprint density at radius 1 is 1.20 bits per heavy atom. The number of ether oxygens (including phenoxy) is 1. The zero-order valence-electron chi connectivity index (χ0n) is 12.1. The molecule has 0 aliphatic carbocycles. The molecular weight excluding hydrogens is 314 g/mol. The van der Waals surface area contributed by atoms with Crippen LogP contribution in [0.25, 0.3) is 0 Å². The molecular formula is C17H20BrNO. The van der Waals surface area contributed by atoms with Crippen LogP contribution in [0.2, 0.25) is 0 Å². The average Bonchev–Trinajstić information content (AvgIpc) is 2.45. The lowest BCUT2D eigenvalue weighted by molar-refractivity contribution is 0.406. The number of hydrogen-bond acceptors (Lipinski definition) is 2. The molecule has 2 aromatic carbocycles. The van der Waals surface area contributed by atoms with Gasteiger partial charge in [0.15, 0.2) is 0 Å². The number of rotatable bonds is 5. The van der Waals surface area contributed by atoms with E-state index < -0.39 is 0 Å². The first-order chi connectivity index (χ1) is 9.61. The van der Waals surface area contributed by atoms with Gasteiger partial charge in [-0.15, -0.1) is 0 Å². The van der Waals surface area contributed by atoms with Gasteiger partial charge in [0.05, 0.1) is 7.11 Å². The van der Waals surface area contributed by atoms with Crippen LogP contribution in [-0.4, -0.2) is 7.11 Å². The molecule has 0 aliphatic rings. The fraction of sp³-hybridized carbons (Fsp3) is 0.294. The number of aryl methyl sites for hydroxylation is 1. The normalized spacial score (nSPS) is 12.2. The van der Waals surface area contributed by atoms with E-state index in [2.05, 4.69) is 65.4 Å². The molecule has 0 saturated heterocycles. The van der Waals surface area contributed by atoms with Crippen LogP contribution in [0.15, 0.2) is 46.9 Å². The molecule has 1 unspecified atom stereocenters. The molecule has 0 bridgehead atoms. The van der Waals surface area contributed by atoms with Gasteiger partial charge in [0.2, 0.25) is 0 Å². The Bertz CT molecular complexity index is 583. The lowest BCUT2D eigenvalue weighted by Crippen LogP contribution is -2.19. The molecule has 106 valence electrons. The number of nitrogens with one attached hydrogen (secondary N) is 1. The Balaban J connectivity index is 2.09. The van der Waals surface area contributed by atoms with Crippen molar-refractivity contribution in [2.75, 3.05) is 7.11 Å². The van der Waals surface area contributed by atoms with Gasteiger partial charge >= 0.3 is 0 Å². The van der Waals surface area contributed by atoms with Crippen molar-refractivity contribution < 1.29 is 4.74 Å². The molecule has 0 spiro atoms. The molecule has 2 nitrogen and oxygen atoms in total. The molecule has 0 saturated carbocycles. The van der Waals surface area contributed by atoms with Crippen molar-refractivity contribution in [3.8, 4) is 5.75 Å². The summed E-state index contributed by atoms with van der Waals surface area (Å²) in [6.45, 7) is 5.11. The maximum atomic E-state index is 5.40. The monoisotopic (exact) mass is 333 g/mol. The van der Waals surface area contributed by atoms with E-state index in [1.54, 1.807) is 7.11 Å². The smallest absolute Gasteiger partial charge is 0.123 e. The van der Waals surface area contributed by atoms with Gasteiger partial charge in [0, 0.05) is 22.6 Å². The topological polar surface area (TPSA) is 21.3 Å². The highest BCUT2D eigenvalue weighted by Crippen LogP contribution is 2.24. The Hall–Kier alpha value is -1.32. The summed E-state index contributed by atoms with van der Waals surface area (Å²) in [4.78, 5) is 0. The molecule has 2 rings (SSSR count). The van der Waals surface area contributed by atoms with Gasteiger partial charge in [-0.3, -0.25) is 0 Å². The van der Waals surface area contributed by atoms with Crippen LogP contribution in [0.5, 0.6) is 5.75 Å². The van der Waals surface area contributed by atoms with Gasteiger partial charge in [0.25, 0.3) is 0 Å². The Morgan fingerprint density at radius 3 is 2.65 bits per heavy atom. The Morgan fingerprint density at radius 2 is 1.95 bits per heavy atom. The summed E-state index contributed by atoms with van der Waals surface area (Å²) < 4.78 is 6.47. The summed E-state index contributed by atoms with van der Waals surface area (Å²) in [6.07, 6.45) is 0. The predicted molar refractivity (Wildman–Crippen MR) is 87.1 cm³/mol. The molecule has 0 fully saturated rings. The highest BCUT2D eigenvalue weighted by atomic mass is 79.9. The van der Waals surface area contributed by atoms with E-state index in [4.69, 9.17) is 4.74 Å². The van der Waals surface area contributed by atoms with Crippen LogP contribution in [0, 0.1) is 6.92 Å². The van der Waals surface area contributed by atoms with Gasteiger partial charge in [0.1, 0.15) is 5.75 Å². The highest BCUT2D eigenvalue weighted by molar-refractivity contribution is 9.10. The molecule has 0 aliphatic heterocycles. The van der Waals surface area contributed by atoms with Crippen LogP contribution in [-0.2, 0) is 6.54 Å². The number of hydrogen-bond donors (Lipinski definition) is 1. The summed E-state index contributed by atoms with van der Waals surface area (Å²) in [5, 5.41) is 3.56. The van der Waals surface area contributed by atoms with Crippen molar-refractivity contribution in [3.63, 3.8) is 0 Å². The van der Waals surface area contributed by atoms with Crippen LogP contribution >= 0.6 is 15.9 Å². The van der Waals surface area contributed by atoms with Crippen LogP contribution in [0.1, 0.15) is 29.7 Å². The first kappa shape index (κ1) is 15.1. The number of benzene rings is 2. The highest BCUT2D eigenvalue weighted by Gasteiger charge is 2.09. The summed E-state index contributed by atoms with van der Waals surface area (Å²) in [5.74, 6) is 0.915. The Labute approximate surface area is 129 Å².